The second-order valence-corrected chi connectivity index (χ2v) is 8.58. The summed E-state index contributed by atoms with van der Waals surface area (Å²) in [5.74, 6) is -0.771. The van der Waals surface area contributed by atoms with Gasteiger partial charge in [-0.2, -0.15) is 0 Å². The zero-order chi connectivity index (χ0) is 23.6. The number of ether oxygens (including phenoxy) is 3. The maximum absolute atomic E-state index is 12.8. The van der Waals surface area contributed by atoms with Gasteiger partial charge in [-0.05, 0) is 37.1 Å². The van der Waals surface area contributed by atoms with Gasteiger partial charge in [0.15, 0.2) is 0 Å². The summed E-state index contributed by atoms with van der Waals surface area (Å²) in [6.45, 7) is 7.83. The van der Waals surface area contributed by atoms with E-state index in [4.69, 9.17) is 14.2 Å². The third-order valence-corrected chi connectivity index (χ3v) is 5.85. The van der Waals surface area contributed by atoms with Crippen molar-refractivity contribution in [3.63, 3.8) is 0 Å². The molecule has 4 N–H and O–H groups in total. The number of carbonyl (C=O) groups is 2. The van der Waals surface area contributed by atoms with Crippen molar-refractivity contribution in [2.45, 2.75) is 71.2 Å². The molecule has 1 aliphatic heterocycles. The van der Waals surface area contributed by atoms with Crippen LogP contribution in [0.2, 0.25) is 0 Å². The first kappa shape index (κ1) is 25.4. The average molecular weight is 459 g/mol. The molecular formula is C21H30O9S. The maximum atomic E-state index is 12.8. The molecule has 1 aliphatic rings. The molecule has 0 unspecified atom stereocenters. The molecule has 1 aromatic rings. The summed E-state index contributed by atoms with van der Waals surface area (Å²) in [6, 6.07) is 0. The van der Waals surface area contributed by atoms with E-state index in [1.165, 1.54) is 6.92 Å². The van der Waals surface area contributed by atoms with Gasteiger partial charge in [0.2, 0.25) is 11.4 Å². The van der Waals surface area contributed by atoms with Crippen molar-refractivity contribution in [1.29, 1.82) is 0 Å². The molecule has 0 bridgehead atoms. The smallest absolute Gasteiger partial charge is 0.302 e. The number of carbonyl (C=O) groups excluding carboxylic acids is 2. The van der Waals surface area contributed by atoms with E-state index in [-0.39, 0.29) is 40.3 Å². The Hall–Kier alpha value is -1.85. The van der Waals surface area contributed by atoms with Crippen LogP contribution in [0.3, 0.4) is 0 Å². The van der Waals surface area contributed by atoms with Crippen LogP contribution in [0.15, 0.2) is 0 Å². The van der Waals surface area contributed by atoms with Gasteiger partial charge in [0, 0.05) is 12.5 Å². The highest BCUT2D eigenvalue weighted by Crippen LogP contribution is 2.43. The summed E-state index contributed by atoms with van der Waals surface area (Å²) in [4.78, 5) is 23.9. The van der Waals surface area contributed by atoms with Crippen molar-refractivity contribution in [3.8, 4) is 11.5 Å². The second kappa shape index (κ2) is 10.2. The molecule has 174 valence electrons. The van der Waals surface area contributed by atoms with E-state index in [1.54, 1.807) is 20.1 Å². The van der Waals surface area contributed by atoms with Crippen molar-refractivity contribution >= 4 is 22.8 Å². The van der Waals surface area contributed by atoms with Crippen LogP contribution < -0.4 is 4.74 Å². The number of thioether (sulfide) groups is 1. The van der Waals surface area contributed by atoms with Crippen LogP contribution in [0.25, 0.3) is 0 Å². The molecule has 0 amide bonds. The Labute approximate surface area is 185 Å². The van der Waals surface area contributed by atoms with Crippen molar-refractivity contribution in [2.75, 3.05) is 12.9 Å². The molecule has 1 saturated heterocycles. The molecule has 1 aromatic carbocycles. The van der Waals surface area contributed by atoms with Gasteiger partial charge in [-0.3, -0.25) is 9.59 Å². The van der Waals surface area contributed by atoms with E-state index < -0.39 is 36.7 Å². The van der Waals surface area contributed by atoms with Crippen LogP contribution in [-0.4, -0.2) is 75.1 Å². The Balaban J connectivity index is 2.52. The fourth-order valence-corrected chi connectivity index (χ4v) is 4.06. The lowest BCUT2D eigenvalue weighted by Crippen LogP contribution is -2.60. The van der Waals surface area contributed by atoms with Crippen LogP contribution in [0.5, 0.6) is 11.5 Å². The van der Waals surface area contributed by atoms with E-state index in [0.717, 1.165) is 11.8 Å². The molecule has 1 heterocycles. The predicted octanol–water partition coefficient (Wildman–Crippen LogP) is 1.39. The van der Waals surface area contributed by atoms with Crippen LogP contribution in [0.4, 0.5) is 0 Å². The topological polar surface area (TPSA) is 143 Å². The van der Waals surface area contributed by atoms with Crippen molar-refractivity contribution in [1.82, 2.24) is 0 Å². The van der Waals surface area contributed by atoms with Crippen molar-refractivity contribution in [3.05, 3.63) is 22.3 Å². The van der Waals surface area contributed by atoms with Gasteiger partial charge in [-0.15, -0.1) is 0 Å². The quantitative estimate of drug-likeness (QED) is 0.462. The molecule has 0 spiro atoms. The average Bonchev–Trinajstić information content (AvgIpc) is 2.71. The molecule has 2 rings (SSSR count). The Morgan fingerprint density at radius 3 is 2.23 bits per heavy atom. The van der Waals surface area contributed by atoms with Gasteiger partial charge >= 0.3 is 5.97 Å². The number of phenols is 1. The highest BCUT2D eigenvalue weighted by Gasteiger charge is 2.46. The number of phenolic OH excluding ortho intramolecular Hbond substituents is 1. The lowest BCUT2D eigenvalue weighted by Gasteiger charge is -2.40. The summed E-state index contributed by atoms with van der Waals surface area (Å²) in [6.07, 6.45) is -5.88. The van der Waals surface area contributed by atoms with Gasteiger partial charge in [-0.1, -0.05) is 25.6 Å². The molecule has 9 nitrogen and oxygen atoms in total. The summed E-state index contributed by atoms with van der Waals surface area (Å²) in [7, 11) is 0. The third-order valence-electron chi connectivity index (χ3n) is 5.27. The standard InChI is InChI=1S/C21H30O9S/c1-8(2)13-9(3)15(23)10(4)19(14(13)20(27)31-6)30-21-18(26)17(25)16(24)12(29-21)7-28-11(5)22/h8,12,16-18,21,23-26H,7H2,1-6H3/t12-,16-,17+,18-,21+/m1/s1. The minimum Gasteiger partial charge on any atom is -0.507 e. The second-order valence-electron chi connectivity index (χ2n) is 7.80. The number of esters is 1. The lowest BCUT2D eigenvalue weighted by atomic mass is 9.89. The number of rotatable bonds is 6. The Bertz CT molecular complexity index is 839. The molecule has 5 atom stereocenters. The first-order valence-corrected chi connectivity index (χ1v) is 11.1. The van der Waals surface area contributed by atoms with Crippen LogP contribution in [-0.2, 0) is 14.3 Å². The van der Waals surface area contributed by atoms with Gasteiger partial charge in [-0.25, -0.2) is 0 Å². The molecule has 0 aromatic heterocycles. The van der Waals surface area contributed by atoms with Gasteiger partial charge in [0.1, 0.15) is 42.5 Å². The predicted molar refractivity (Wildman–Crippen MR) is 113 cm³/mol. The molecule has 31 heavy (non-hydrogen) atoms. The number of aliphatic hydroxyl groups excluding tert-OH is 3. The normalized spacial score (nSPS) is 26.1. The van der Waals surface area contributed by atoms with E-state index in [2.05, 4.69) is 0 Å². The monoisotopic (exact) mass is 458 g/mol. The zero-order valence-electron chi connectivity index (χ0n) is 18.4. The molecule has 10 heteroatoms. The molecule has 0 aliphatic carbocycles. The summed E-state index contributed by atoms with van der Waals surface area (Å²) in [5.41, 5.74) is 1.65. The molecule has 0 saturated carbocycles. The van der Waals surface area contributed by atoms with E-state index >= 15 is 0 Å². The Morgan fingerprint density at radius 2 is 1.71 bits per heavy atom. The number of aromatic hydroxyl groups is 1. The largest absolute Gasteiger partial charge is 0.507 e. The number of hydrogen-bond acceptors (Lipinski definition) is 10. The molecular weight excluding hydrogens is 428 g/mol. The number of hydrogen-bond donors (Lipinski definition) is 4. The van der Waals surface area contributed by atoms with Crippen LogP contribution in [0, 0.1) is 13.8 Å². The number of benzene rings is 1. The van der Waals surface area contributed by atoms with Crippen molar-refractivity contribution in [2.24, 2.45) is 0 Å². The zero-order valence-corrected chi connectivity index (χ0v) is 19.2. The molecule has 1 fully saturated rings. The van der Waals surface area contributed by atoms with Crippen LogP contribution >= 0.6 is 11.8 Å². The minimum absolute atomic E-state index is 0.0185. The van der Waals surface area contributed by atoms with E-state index in [1.807, 2.05) is 13.8 Å². The fraction of sp³-hybridized carbons (Fsp3) is 0.619. The summed E-state index contributed by atoms with van der Waals surface area (Å²) < 4.78 is 16.3. The van der Waals surface area contributed by atoms with Crippen molar-refractivity contribution < 1.29 is 44.2 Å². The highest BCUT2D eigenvalue weighted by atomic mass is 32.2. The van der Waals surface area contributed by atoms with Gasteiger partial charge < -0.3 is 34.6 Å². The first-order valence-electron chi connectivity index (χ1n) is 9.86. The Morgan fingerprint density at radius 1 is 1.10 bits per heavy atom. The first-order chi connectivity index (χ1) is 14.4. The maximum Gasteiger partial charge on any atom is 0.302 e. The van der Waals surface area contributed by atoms with Crippen LogP contribution in [0.1, 0.15) is 53.7 Å². The van der Waals surface area contributed by atoms with Gasteiger partial charge in [0.05, 0.1) is 5.56 Å². The SMILES string of the molecule is CSC(=O)c1c(O[C@@H]2O[C@H](COC(C)=O)[C@@H](O)[C@H](O)[C@H]2O)c(C)c(O)c(C)c1C(C)C. The lowest BCUT2D eigenvalue weighted by molar-refractivity contribution is -0.278. The summed E-state index contributed by atoms with van der Waals surface area (Å²) >= 11 is 0.972. The summed E-state index contributed by atoms with van der Waals surface area (Å²) in [5, 5.41) is 41.2. The Kier molecular flexibility index (Phi) is 8.34. The highest BCUT2D eigenvalue weighted by molar-refractivity contribution is 8.13. The van der Waals surface area contributed by atoms with Gasteiger partial charge in [0.25, 0.3) is 0 Å². The third kappa shape index (κ3) is 5.15. The minimum atomic E-state index is -1.66. The van der Waals surface area contributed by atoms with E-state index in [9.17, 15) is 30.0 Å². The molecule has 0 radical (unpaired) electrons. The fourth-order valence-electron chi connectivity index (χ4n) is 3.65. The number of aliphatic hydroxyl groups is 3. The van der Waals surface area contributed by atoms with E-state index in [0.29, 0.717) is 11.1 Å².